The summed E-state index contributed by atoms with van der Waals surface area (Å²) in [5, 5.41) is 17.7. The highest BCUT2D eigenvalue weighted by molar-refractivity contribution is 7.99. The first-order chi connectivity index (χ1) is 21.3. The molecule has 0 fully saturated rings. The molecule has 0 radical (unpaired) electrons. The highest BCUT2D eigenvalue weighted by Crippen LogP contribution is 2.34. The Morgan fingerprint density at radius 1 is 1.18 bits per heavy atom. The molecule has 1 aromatic carbocycles. The highest BCUT2D eigenvalue weighted by atomic mass is 32.2. The molecular weight excluding hydrogens is 572 g/mol. The molecule has 2 aliphatic heterocycles. The number of aliphatic hydroxyl groups is 1. The fraction of sp³-hybridized carbons (Fsp3) is 0.543. The van der Waals surface area contributed by atoms with E-state index in [0.29, 0.717) is 6.61 Å². The summed E-state index contributed by atoms with van der Waals surface area (Å²) in [5.41, 5.74) is 6.17. The van der Waals surface area contributed by atoms with Gasteiger partial charge in [-0.05, 0) is 88.5 Å². The van der Waals surface area contributed by atoms with Gasteiger partial charge in [-0.25, -0.2) is 0 Å². The monoisotopic (exact) mass is 622 g/mol. The predicted octanol–water partition coefficient (Wildman–Crippen LogP) is 5.51. The van der Waals surface area contributed by atoms with Crippen molar-refractivity contribution in [2.45, 2.75) is 64.7 Å². The Hall–Kier alpha value is -3.03. The van der Waals surface area contributed by atoms with Gasteiger partial charge in [0, 0.05) is 52.8 Å². The van der Waals surface area contributed by atoms with Crippen molar-refractivity contribution < 1.29 is 19.3 Å². The summed E-state index contributed by atoms with van der Waals surface area (Å²) in [4.78, 5) is 6.28. The molecule has 44 heavy (non-hydrogen) atoms. The number of H-pyrrole nitrogens is 1. The number of nitrogens with one attached hydrogen (secondary N) is 3. The predicted molar refractivity (Wildman–Crippen MR) is 181 cm³/mol. The Kier molecular flexibility index (Phi) is 12.6. The molecule has 4 rings (SSSR count). The molecule has 0 spiro atoms. The number of aliphatic hydroxyl groups excluding tert-OH is 1. The molecule has 240 valence electrons. The van der Waals surface area contributed by atoms with Gasteiger partial charge in [-0.15, -0.1) is 0 Å². The van der Waals surface area contributed by atoms with Gasteiger partial charge in [0.15, 0.2) is 12.2 Å². The molecule has 0 amide bonds. The molecule has 5 atom stereocenters. The lowest BCUT2D eigenvalue weighted by atomic mass is 9.99. The fourth-order valence-electron chi connectivity index (χ4n) is 6.48. The molecule has 3 heterocycles. The maximum absolute atomic E-state index is 9.01. The molecule has 0 saturated heterocycles. The van der Waals surface area contributed by atoms with Crippen LogP contribution in [0, 0.1) is 18.1 Å². The van der Waals surface area contributed by atoms with Crippen molar-refractivity contribution in [3.05, 3.63) is 64.6 Å². The molecule has 0 aliphatic carbocycles. The van der Waals surface area contributed by atoms with Gasteiger partial charge in [-0.1, -0.05) is 24.6 Å². The number of rotatable bonds is 11. The molecule has 4 N–H and O–H groups in total. The lowest BCUT2D eigenvalue weighted by Crippen LogP contribution is -2.55. The Bertz CT molecular complexity index is 1400. The van der Waals surface area contributed by atoms with Crippen LogP contribution < -0.4 is 15.4 Å². The number of nitrogens with zero attached hydrogens (tertiary/aromatic N) is 1. The molecule has 1 aromatic heterocycles. The van der Waals surface area contributed by atoms with Crippen LogP contribution >= 0.6 is 11.8 Å². The molecule has 5 unspecified atom stereocenters. The molecule has 9 heteroatoms. The van der Waals surface area contributed by atoms with Crippen LogP contribution in [-0.4, -0.2) is 85.6 Å². The van der Waals surface area contributed by atoms with Crippen molar-refractivity contribution in [2.75, 3.05) is 52.5 Å². The molecule has 0 bridgehead atoms. The van der Waals surface area contributed by atoms with E-state index >= 15 is 0 Å². The number of benzene rings is 1. The highest BCUT2D eigenvalue weighted by Gasteiger charge is 2.32. The first-order valence-corrected chi connectivity index (χ1v) is 16.8. The van der Waals surface area contributed by atoms with Gasteiger partial charge in [0.1, 0.15) is 18.1 Å². The molecule has 2 aliphatic rings. The number of aromatic nitrogens is 1. The van der Waals surface area contributed by atoms with E-state index in [-0.39, 0.29) is 30.1 Å². The second kappa shape index (κ2) is 16.3. The van der Waals surface area contributed by atoms with Crippen LogP contribution in [0.4, 0.5) is 0 Å². The Morgan fingerprint density at radius 2 is 2.00 bits per heavy atom. The normalized spacial score (nSPS) is 27.2. The second-order valence-electron chi connectivity index (χ2n) is 11.8. The van der Waals surface area contributed by atoms with E-state index in [4.69, 9.17) is 19.3 Å². The van der Waals surface area contributed by atoms with E-state index in [1.807, 2.05) is 31.0 Å². The SMILES string of the molecule is CCC1\C=C(OC)/C(C)=C\C(C)=C\C(NC)C(CSCC2NCCc3c2[nH]c2ccc(OC)cc32)N(C(C)COC#CO)C1. The summed E-state index contributed by atoms with van der Waals surface area (Å²) in [6.07, 6.45) is 13.1. The number of fused-ring (bicyclic) bond motifs is 3. The van der Waals surface area contributed by atoms with Crippen LogP contribution in [0.3, 0.4) is 0 Å². The smallest absolute Gasteiger partial charge is 0.154 e. The zero-order valence-corrected chi connectivity index (χ0v) is 28.1. The standard InChI is InChI=1S/C35H50N4O4S/c1-8-26-17-34(42-7)24(3)15-23(2)16-31(36-5)33(39(19-26)25(4)20-43-14-13-40)22-44-21-32-35-28(11-12-37-32)29-18-27(41-6)9-10-30(29)38-35/h9-10,15-18,25-26,31-33,36-38,40H,8,11-12,19-22H2,1-7H3/b23-16+,24-15-,34-17+. The van der Waals surface area contributed by atoms with Gasteiger partial charge in [0.2, 0.25) is 0 Å². The zero-order chi connectivity index (χ0) is 31.6. The molecule has 0 saturated carbocycles. The summed E-state index contributed by atoms with van der Waals surface area (Å²) in [6.45, 7) is 10.9. The summed E-state index contributed by atoms with van der Waals surface area (Å²) < 4.78 is 16.9. The third-order valence-electron chi connectivity index (χ3n) is 8.87. The summed E-state index contributed by atoms with van der Waals surface area (Å²) in [6, 6.07) is 6.89. The topological polar surface area (TPSA) is 91.0 Å². The minimum absolute atomic E-state index is 0.0670. The largest absolute Gasteiger partial charge is 0.497 e. The number of hydrogen-bond acceptors (Lipinski definition) is 8. The fourth-order valence-corrected chi connectivity index (χ4v) is 7.77. The third-order valence-corrected chi connectivity index (χ3v) is 10.0. The zero-order valence-electron chi connectivity index (χ0n) is 27.3. The van der Waals surface area contributed by atoms with Gasteiger partial charge in [-0.3, -0.25) is 4.90 Å². The number of ether oxygens (including phenoxy) is 3. The lowest BCUT2D eigenvalue weighted by molar-refractivity contribution is 0.0792. The molecular formula is C35H50N4O4S. The molecule has 8 nitrogen and oxygen atoms in total. The van der Waals surface area contributed by atoms with Crippen LogP contribution in [0.25, 0.3) is 10.9 Å². The van der Waals surface area contributed by atoms with Crippen LogP contribution in [0.5, 0.6) is 5.75 Å². The van der Waals surface area contributed by atoms with E-state index < -0.39 is 0 Å². The van der Waals surface area contributed by atoms with Crippen molar-refractivity contribution in [3.8, 4) is 18.0 Å². The van der Waals surface area contributed by atoms with Gasteiger partial charge >= 0.3 is 0 Å². The quantitative estimate of drug-likeness (QED) is 0.244. The van der Waals surface area contributed by atoms with Crippen molar-refractivity contribution >= 4 is 22.7 Å². The Balaban J connectivity index is 1.63. The third kappa shape index (κ3) is 8.16. The van der Waals surface area contributed by atoms with Crippen LogP contribution in [0.1, 0.15) is 51.4 Å². The second-order valence-corrected chi connectivity index (χ2v) is 12.9. The summed E-state index contributed by atoms with van der Waals surface area (Å²) >= 11 is 1.98. The van der Waals surface area contributed by atoms with E-state index in [2.05, 4.69) is 84.7 Å². The first kappa shape index (κ1) is 33.9. The summed E-state index contributed by atoms with van der Waals surface area (Å²) in [7, 11) is 5.52. The van der Waals surface area contributed by atoms with Crippen molar-refractivity contribution in [3.63, 3.8) is 0 Å². The average molecular weight is 623 g/mol. The number of methoxy groups -OCH3 is 2. The van der Waals surface area contributed by atoms with Gasteiger partial charge in [-0.2, -0.15) is 11.8 Å². The summed E-state index contributed by atoms with van der Waals surface area (Å²) in [5.74, 6) is 3.97. The van der Waals surface area contributed by atoms with Crippen molar-refractivity contribution in [2.24, 2.45) is 5.92 Å². The minimum atomic E-state index is 0.0670. The minimum Gasteiger partial charge on any atom is -0.497 e. The van der Waals surface area contributed by atoms with Crippen molar-refractivity contribution in [1.29, 1.82) is 0 Å². The first-order valence-electron chi connectivity index (χ1n) is 15.6. The van der Waals surface area contributed by atoms with E-state index in [1.165, 1.54) is 22.2 Å². The Labute approximate surface area is 267 Å². The lowest BCUT2D eigenvalue weighted by Gasteiger charge is -2.41. The molecule has 2 aromatic rings. The number of aromatic amines is 1. The average Bonchev–Trinajstić information content (AvgIpc) is 3.40. The van der Waals surface area contributed by atoms with Crippen LogP contribution in [-0.2, 0) is 15.9 Å². The van der Waals surface area contributed by atoms with E-state index in [1.54, 1.807) is 14.2 Å². The number of thioether (sulfide) groups is 1. The van der Waals surface area contributed by atoms with Gasteiger partial charge in [0.05, 0.1) is 20.3 Å². The number of allylic oxidation sites excluding steroid dienone is 3. The van der Waals surface area contributed by atoms with E-state index in [9.17, 15) is 0 Å². The van der Waals surface area contributed by atoms with Gasteiger partial charge in [0.25, 0.3) is 0 Å². The van der Waals surface area contributed by atoms with Crippen molar-refractivity contribution in [1.82, 2.24) is 20.5 Å². The maximum atomic E-state index is 9.01. The van der Waals surface area contributed by atoms with E-state index in [0.717, 1.165) is 60.0 Å². The Morgan fingerprint density at radius 3 is 2.70 bits per heavy atom. The number of hydrogen-bond donors (Lipinski definition) is 4. The number of likely N-dealkylation sites (N-methyl/N-ethyl adjacent to an activating group) is 1. The maximum Gasteiger partial charge on any atom is 0.154 e. The van der Waals surface area contributed by atoms with Crippen LogP contribution in [0.15, 0.2) is 53.3 Å². The van der Waals surface area contributed by atoms with Gasteiger partial charge < -0.3 is 34.9 Å². The van der Waals surface area contributed by atoms with Crippen LogP contribution in [0.2, 0.25) is 0 Å².